The van der Waals surface area contributed by atoms with Gasteiger partial charge in [-0.15, -0.1) is 0 Å². The molecule has 0 bridgehead atoms. The van der Waals surface area contributed by atoms with Crippen molar-refractivity contribution in [2.75, 3.05) is 6.61 Å². The van der Waals surface area contributed by atoms with Gasteiger partial charge in [0.25, 0.3) is 0 Å². The highest BCUT2D eigenvalue weighted by molar-refractivity contribution is 5.85. The van der Waals surface area contributed by atoms with Crippen molar-refractivity contribution in [2.24, 2.45) is 0 Å². The van der Waals surface area contributed by atoms with Crippen molar-refractivity contribution < 1.29 is 24.5 Å². The Kier molecular flexibility index (Phi) is 5.59. The van der Waals surface area contributed by atoms with E-state index in [0.29, 0.717) is 11.2 Å². The summed E-state index contributed by atoms with van der Waals surface area (Å²) in [7, 11) is 0. The number of alkyl carbamates (subject to hydrolysis) is 1. The maximum atomic E-state index is 12.5. The third kappa shape index (κ3) is 4.03. The summed E-state index contributed by atoms with van der Waals surface area (Å²) in [4.78, 5) is 28.7. The SMILES string of the molecule is O=C(NC(Cc1ccc2cccc(O)c2n1)C(=O)O)OCC1c2ccccc2-c2ccccc21. The second-order valence-corrected chi connectivity index (χ2v) is 8.22. The van der Waals surface area contributed by atoms with Gasteiger partial charge in [-0.2, -0.15) is 0 Å². The van der Waals surface area contributed by atoms with Gasteiger partial charge in [-0.25, -0.2) is 14.6 Å². The zero-order chi connectivity index (χ0) is 23.7. The van der Waals surface area contributed by atoms with E-state index in [1.165, 1.54) is 6.07 Å². The van der Waals surface area contributed by atoms with Gasteiger partial charge in [0.2, 0.25) is 0 Å². The third-order valence-corrected chi connectivity index (χ3v) is 6.10. The van der Waals surface area contributed by atoms with Gasteiger partial charge in [-0.3, -0.25) is 0 Å². The van der Waals surface area contributed by atoms with Crippen LogP contribution in [0, 0.1) is 0 Å². The second kappa shape index (κ2) is 8.86. The Morgan fingerprint density at radius 2 is 1.59 bits per heavy atom. The molecule has 3 N–H and O–H groups in total. The number of carbonyl (C=O) groups excluding carboxylic acids is 1. The molecule has 7 heteroatoms. The number of hydrogen-bond donors (Lipinski definition) is 3. The number of phenols is 1. The predicted octanol–water partition coefficient (Wildman–Crippen LogP) is 4.47. The summed E-state index contributed by atoms with van der Waals surface area (Å²) in [5.74, 6) is -1.31. The minimum atomic E-state index is -1.23. The molecule has 0 saturated heterocycles. The fourth-order valence-corrected chi connectivity index (χ4v) is 4.48. The molecule has 0 spiro atoms. The predicted molar refractivity (Wildman–Crippen MR) is 127 cm³/mol. The largest absolute Gasteiger partial charge is 0.506 e. The molecule has 1 unspecified atom stereocenters. The second-order valence-electron chi connectivity index (χ2n) is 8.22. The average molecular weight is 454 g/mol. The molecule has 4 aromatic rings. The summed E-state index contributed by atoms with van der Waals surface area (Å²) in [6, 6.07) is 23.2. The fourth-order valence-electron chi connectivity index (χ4n) is 4.48. The van der Waals surface area contributed by atoms with Crippen molar-refractivity contribution in [1.82, 2.24) is 10.3 Å². The lowest BCUT2D eigenvalue weighted by Crippen LogP contribution is -2.43. The molecule has 0 fully saturated rings. The number of para-hydroxylation sites is 1. The number of amides is 1. The fraction of sp³-hybridized carbons (Fsp3) is 0.148. The smallest absolute Gasteiger partial charge is 0.407 e. The van der Waals surface area contributed by atoms with Gasteiger partial charge >= 0.3 is 12.1 Å². The van der Waals surface area contributed by atoms with Crippen molar-refractivity contribution in [3.8, 4) is 16.9 Å². The van der Waals surface area contributed by atoms with Gasteiger partial charge in [0.1, 0.15) is 23.9 Å². The number of aromatic hydroxyl groups is 1. The first-order valence-electron chi connectivity index (χ1n) is 10.9. The lowest BCUT2D eigenvalue weighted by Gasteiger charge is -2.17. The van der Waals surface area contributed by atoms with E-state index >= 15 is 0 Å². The summed E-state index contributed by atoms with van der Waals surface area (Å²) >= 11 is 0. The van der Waals surface area contributed by atoms with Crippen molar-refractivity contribution in [1.29, 1.82) is 0 Å². The lowest BCUT2D eigenvalue weighted by molar-refractivity contribution is -0.139. The molecule has 1 aromatic heterocycles. The Morgan fingerprint density at radius 1 is 0.912 bits per heavy atom. The van der Waals surface area contributed by atoms with Gasteiger partial charge < -0.3 is 20.3 Å². The molecule has 0 aliphatic heterocycles. The molecule has 5 rings (SSSR count). The van der Waals surface area contributed by atoms with Gasteiger partial charge in [0.05, 0.1) is 0 Å². The number of aromatic nitrogens is 1. The quantitative estimate of drug-likeness (QED) is 0.397. The summed E-state index contributed by atoms with van der Waals surface area (Å²) in [6.45, 7) is 0.0916. The maximum absolute atomic E-state index is 12.5. The highest BCUT2D eigenvalue weighted by Gasteiger charge is 2.30. The zero-order valence-electron chi connectivity index (χ0n) is 18.1. The number of carbonyl (C=O) groups is 2. The van der Waals surface area contributed by atoms with Gasteiger partial charge in [-0.1, -0.05) is 66.7 Å². The summed E-state index contributed by atoms with van der Waals surface area (Å²) in [5.41, 5.74) is 5.19. The van der Waals surface area contributed by atoms with Crippen LogP contribution in [0.2, 0.25) is 0 Å². The van der Waals surface area contributed by atoms with Crippen molar-refractivity contribution in [3.05, 3.63) is 95.7 Å². The topological polar surface area (TPSA) is 109 Å². The molecule has 1 heterocycles. The molecule has 1 amide bonds. The van der Waals surface area contributed by atoms with Crippen LogP contribution in [0.1, 0.15) is 22.7 Å². The van der Waals surface area contributed by atoms with E-state index in [2.05, 4.69) is 10.3 Å². The van der Waals surface area contributed by atoms with E-state index in [1.54, 1.807) is 24.3 Å². The summed E-state index contributed by atoms with van der Waals surface area (Å²) in [6.07, 6.45) is -0.859. The molecular formula is C27H22N2O5. The van der Waals surface area contributed by atoms with E-state index < -0.39 is 18.1 Å². The van der Waals surface area contributed by atoms with Crippen molar-refractivity contribution >= 4 is 23.0 Å². The van der Waals surface area contributed by atoms with Gasteiger partial charge in [-0.05, 0) is 34.4 Å². The molecule has 0 radical (unpaired) electrons. The number of ether oxygens (including phenoxy) is 1. The highest BCUT2D eigenvalue weighted by atomic mass is 16.5. The molecule has 170 valence electrons. The first kappa shape index (κ1) is 21.5. The Balaban J connectivity index is 1.28. The minimum Gasteiger partial charge on any atom is -0.506 e. The van der Waals surface area contributed by atoms with Crippen LogP contribution in [-0.2, 0) is 16.0 Å². The number of pyridine rings is 1. The van der Waals surface area contributed by atoms with Crippen LogP contribution in [0.5, 0.6) is 5.75 Å². The van der Waals surface area contributed by atoms with Crippen LogP contribution in [0.25, 0.3) is 22.0 Å². The number of rotatable bonds is 6. The normalized spacial score (nSPS) is 13.2. The Morgan fingerprint density at radius 3 is 2.26 bits per heavy atom. The number of aliphatic carboxylic acids is 1. The van der Waals surface area contributed by atoms with E-state index in [0.717, 1.165) is 27.6 Å². The molecule has 1 aliphatic carbocycles. The molecule has 3 aromatic carbocycles. The molecule has 34 heavy (non-hydrogen) atoms. The Labute approximate surface area is 195 Å². The molecule has 1 aliphatic rings. The number of benzene rings is 3. The lowest BCUT2D eigenvalue weighted by atomic mass is 9.98. The Bertz CT molecular complexity index is 1360. The van der Waals surface area contributed by atoms with E-state index in [-0.39, 0.29) is 24.7 Å². The first-order valence-corrected chi connectivity index (χ1v) is 10.9. The number of nitrogens with zero attached hydrogens (tertiary/aromatic N) is 1. The van der Waals surface area contributed by atoms with Crippen LogP contribution in [0.4, 0.5) is 4.79 Å². The van der Waals surface area contributed by atoms with Crippen LogP contribution >= 0.6 is 0 Å². The summed E-state index contributed by atoms with van der Waals surface area (Å²) < 4.78 is 5.47. The Hall–Kier alpha value is -4.39. The number of fused-ring (bicyclic) bond motifs is 4. The number of nitrogens with one attached hydrogen (secondary N) is 1. The zero-order valence-corrected chi connectivity index (χ0v) is 18.1. The van der Waals surface area contributed by atoms with E-state index in [1.807, 2.05) is 48.5 Å². The van der Waals surface area contributed by atoms with Crippen LogP contribution in [0.3, 0.4) is 0 Å². The number of carboxylic acids is 1. The van der Waals surface area contributed by atoms with Gasteiger partial charge in [0.15, 0.2) is 0 Å². The third-order valence-electron chi connectivity index (χ3n) is 6.10. The number of phenolic OH excluding ortho intramolecular Hbond substituents is 1. The number of hydrogen-bond acceptors (Lipinski definition) is 5. The van der Waals surface area contributed by atoms with E-state index in [4.69, 9.17) is 4.74 Å². The van der Waals surface area contributed by atoms with Crippen LogP contribution in [-0.4, -0.2) is 39.9 Å². The van der Waals surface area contributed by atoms with Crippen LogP contribution < -0.4 is 5.32 Å². The number of carboxylic acid groups (broad SMARTS) is 1. The van der Waals surface area contributed by atoms with Crippen molar-refractivity contribution in [3.63, 3.8) is 0 Å². The van der Waals surface area contributed by atoms with Gasteiger partial charge in [0, 0.05) is 23.4 Å². The first-order chi connectivity index (χ1) is 16.5. The molecule has 1 atom stereocenters. The maximum Gasteiger partial charge on any atom is 0.407 e. The summed E-state index contributed by atoms with van der Waals surface area (Å²) in [5, 5.41) is 22.8. The molecule has 7 nitrogen and oxygen atoms in total. The van der Waals surface area contributed by atoms with Crippen LogP contribution in [0.15, 0.2) is 78.9 Å². The highest BCUT2D eigenvalue weighted by Crippen LogP contribution is 2.44. The van der Waals surface area contributed by atoms with E-state index in [9.17, 15) is 19.8 Å². The minimum absolute atomic E-state index is 0.00993. The average Bonchev–Trinajstić information content (AvgIpc) is 3.16. The monoisotopic (exact) mass is 454 g/mol. The standard InChI is InChI=1S/C27H22N2O5/c30-24-11-5-6-16-12-13-17(28-25(16)24)14-23(26(31)32)29-27(33)34-15-22-20-9-3-1-7-18(20)19-8-2-4-10-21(19)22/h1-13,22-23,30H,14-15H2,(H,29,33)(H,31,32). The van der Waals surface area contributed by atoms with Crippen molar-refractivity contribution in [2.45, 2.75) is 18.4 Å². The molecule has 0 saturated carbocycles. The molecular weight excluding hydrogens is 432 g/mol.